The highest BCUT2D eigenvalue weighted by Gasteiger charge is 2.24. The van der Waals surface area contributed by atoms with Crippen molar-refractivity contribution in [1.29, 1.82) is 0 Å². The van der Waals surface area contributed by atoms with E-state index in [1.807, 2.05) is 0 Å². The van der Waals surface area contributed by atoms with Crippen molar-refractivity contribution in [2.24, 2.45) is 0 Å². The second-order valence-corrected chi connectivity index (χ2v) is 6.22. The van der Waals surface area contributed by atoms with Crippen molar-refractivity contribution in [3.8, 4) is 0 Å². The van der Waals surface area contributed by atoms with Gasteiger partial charge >= 0.3 is 0 Å². The van der Waals surface area contributed by atoms with Crippen LogP contribution < -0.4 is 5.32 Å². The van der Waals surface area contributed by atoms with Crippen LogP contribution in [0.2, 0.25) is 0 Å². The molecule has 0 unspecified atom stereocenters. The van der Waals surface area contributed by atoms with E-state index in [1.54, 1.807) is 0 Å². The molecular weight excluding hydrogens is 242 g/mol. The van der Waals surface area contributed by atoms with Gasteiger partial charge in [0.05, 0.1) is 0 Å². The first kappa shape index (κ1) is 15.1. The summed E-state index contributed by atoms with van der Waals surface area (Å²) in [5.74, 6) is 0. The molecule has 1 aliphatic carbocycles. The summed E-state index contributed by atoms with van der Waals surface area (Å²) < 4.78 is 0. The molecule has 0 fully saturated rings. The minimum Gasteiger partial charge on any atom is -0.308 e. The maximum atomic E-state index is 3.71. The lowest BCUT2D eigenvalue weighted by molar-refractivity contribution is 0.398. The Hall–Kier alpha value is -1.34. The maximum Gasteiger partial charge on any atom is 0.0383 e. The number of nitrogens with one attached hydrogen (secondary N) is 1. The number of rotatable bonds is 6. The Labute approximate surface area is 123 Å². The number of hydrogen-bond donors (Lipinski definition) is 1. The molecule has 1 nitrogen and oxygen atoms in total. The van der Waals surface area contributed by atoms with Crippen LogP contribution in [0.4, 0.5) is 0 Å². The molecule has 0 aliphatic heterocycles. The normalized spacial score (nSPS) is 15.2. The zero-order valence-corrected chi connectivity index (χ0v) is 13.3. The number of allylic oxidation sites excluding steroid dienone is 4. The molecule has 1 aromatic rings. The van der Waals surface area contributed by atoms with Crippen LogP contribution in [0.25, 0.3) is 5.57 Å². The summed E-state index contributed by atoms with van der Waals surface area (Å²) in [5, 5.41) is 3.71. The van der Waals surface area contributed by atoms with Crippen molar-refractivity contribution in [3.63, 3.8) is 0 Å². The van der Waals surface area contributed by atoms with E-state index in [2.05, 4.69) is 69.4 Å². The van der Waals surface area contributed by atoms with Crippen LogP contribution >= 0.6 is 0 Å². The molecule has 0 heterocycles. The van der Waals surface area contributed by atoms with Gasteiger partial charge in [0.15, 0.2) is 0 Å². The standard InChI is InChI=1S/C19H27N/c1-5-6-14-20-19(3,4)18-13-8-7-11-17(18)16-12-9-10-15(16)2/h7-11,13,20H,5-6,12,14H2,1-4H3. The van der Waals surface area contributed by atoms with Gasteiger partial charge in [-0.25, -0.2) is 0 Å². The molecule has 1 heteroatoms. The van der Waals surface area contributed by atoms with Gasteiger partial charge in [-0.2, -0.15) is 0 Å². The molecule has 0 aromatic heterocycles. The van der Waals surface area contributed by atoms with Crippen molar-refractivity contribution in [3.05, 3.63) is 53.1 Å². The van der Waals surface area contributed by atoms with Gasteiger partial charge < -0.3 is 5.32 Å². The predicted octanol–water partition coefficient (Wildman–Crippen LogP) is 5.04. The average molecular weight is 269 g/mol. The molecule has 0 saturated carbocycles. The Morgan fingerprint density at radius 2 is 1.95 bits per heavy atom. The molecule has 0 radical (unpaired) electrons. The summed E-state index contributed by atoms with van der Waals surface area (Å²) in [6.45, 7) is 10.1. The van der Waals surface area contributed by atoms with Crippen molar-refractivity contribution in [1.82, 2.24) is 5.32 Å². The fourth-order valence-electron chi connectivity index (χ4n) is 2.90. The smallest absolute Gasteiger partial charge is 0.0383 e. The van der Waals surface area contributed by atoms with Crippen LogP contribution in [-0.2, 0) is 5.54 Å². The first-order valence-electron chi connectivity index (χ1n) is 7.77. The van der Waals surface area contributed by atoms with Crippen LogP contribution in [-0.4, -0.2) is 6.54 Å². The SMILES string of the molecule is CCCCNC(C)(C)c1ccccc1C1=C(C)C=CC1. The zero-order valence-electron chi connectivity index (χ0n) is 13.3. The fraction of sp³-hybridized carbons (Fsp3) is 0.474. The van der Waals surface area contributed by atoms with Gasteiger partial charge in [-0.05, 0) is 62.4 Å². The van der Waals surface area contributed by atoms with Gasteiger partial charge in [0.2, 0.25) is 0 Å². The highest BCUT2D eigenvalue weighted by molar-refractivity contribution is 5.76. The van der Waals surface area contributed by atoms with E-state index in [-0.39, 0.29) is 5.54 Å². The Bertz CT molecular complexity index is 520. The van der Waals surface area contributed by atoms with E-state index < -0.39 is 0 Å². The van der Waals surface area contributed by atoms with Gasteiger partial charge in [0.1, 0.15) is 0 Å². The molecule has 20 heavy (non-hydrogen) atoms. The van der Waals surface area contributed by atoms with Gasteiger partial charge in [-0.15, -0.1) is 0 Å². The second kappa shape index (κ2) is 6.41. The summed E-state index contributed by atoms with van der Waals surface area (Å²) in [6.07, 6.45) is 8.03. The first-order valence-corrected chi connectivity index (χ1v) is 7.77. The van der Waals surface area contributed by atoms with Crippen LogP contribution in [0, 0.1) is 0 Å². The van der Waals surface area contributed by atoms with Gasteiger partial charge in [-0.3, -0.25) is 0 Å². The van der Waals surface area contributed by atoms with Crippen LogP contribution in [0.3, 0.4) is 0 Å². The van der Waals surface area contributed by atoms with Crippen molar-refractivity contribution in [2.45, 2.75) is 52.5 Å². The zero-order chi connectivity index (χ0) is 14.6. The average Bonchev–Trinajstić information content (AvgIpc) is 2.85. The topological polar surface area (TPSA) is 12.0 Å². The van der Waals surface area contributed by atoms with E-state index in [0.29, 0.717) is 0 Å². The summed E-state index contributed by atoms with van der Waals surface area (Å²) >= 11 is 0. The predicted molar refractivity (Wildman–Crippen MR) is 88.7 cm³/mol. The molecule has 1 aromatic carbocycles. The lowest BCUT2D eigenvalue weighted by Crippen LogP contribution is -2.37. The van der Waals surface area contributed by atoms with Gasteiger partial charge in [-0.1, -0.05) is 49.8 Å². The van der Waals surface area contributed by atoms with Crippen LogP contribution in [0.5, 0.6) is 0 Å². The van der Waals surface area contributed by atoms with E-state index in [1.165, 1.54) is 35.1 Å². The van der Waals surface area contributed by atoms with E-state index in [4.69, 9.17) is 0 Å². The molecule has 2 rings (SSSR count). The minimum atomic E-state index is 0.0155. The van der Waals surface area contributed by atoms with E-state index in [0.717, 1.165) is 13.0 Å². The number of unbranched alkanes of at least 4 members (excludes halogenated alkanes) is 1. The van der Waals surface area contributed by atoms with Crippen molar-refractivity contribution in [2.75, 3.05) is 6.54 Å². The number of hydrogen-bond acceptors (Lipinski definition) is 1. The Kier molecular flexibility index (Phi) is 4.82. The van der Waals surface area contributed by atoms with Crippen LogP contribution in [0.15, 0.2) is 42.0 Å². The Morgan fingerprint density at radius 1 is 1.20 bits per heavy atom. The van der Waals surface area contributed by atoms with E-state index >= 15 is 0 Å². The highest BCUT2D eigenvalue weighted by atomic mass is 14.9. The lowest BCUT2D eigenvalue weighted by atomic mass is 9.85. The third-order valence-corrected chi connectivity index (χ3v) is 4.19. The Morgan fingerprint density at radius 3 is 2.60 bits per heavy atom. The molecule has 0 bridgehead atoms. The second-order valence-electron chi connectivity index (χ2n) is 6.22. The monoisotopic (exact) mass is 269 g/mol. The van der Waals surface area contributed by atoms with Gasteiger partial charge in [0.25, 0.3) is 0 Å². The molecule has 0 amide bonds. The molecule has 1 aliphatic rings. The molecular formula is C19H27N. The van der Waals surface area contributed by atoms with Gasteiger partial charge in [0, 0.05) is 5.54 Å². The molecule has 108 valence electrons. The third kappa shape index (κ3) is 3.21. The summed E-state index contributed by atoms with van der Waals surface area (Å²) in [5.41, 5.74) is 5.72. The molecule has 0 spiro atoms. The molecule has 1 N–H and O–H groups in total. The highest BCUT2D eigenvalue weighted by Crippen LogP contribution is 2.35. The largest absolute Gasteiger partial charge is 0.308 e. The first-order chi connectivity index (χ1) is 9.56. The number of benzene rings is 1. The summed E-state index contributed by atoms with van der Waals surface area (Å²) in [4.78, 5) is 0. The quantitative estimate of drug-likeness (QED) is 0.713. The third-order valence-electron chi connectivity index (χ3n) is 4.19. The molecule has 0 saturated heterocycles. The summed E-state index contributed by atoms with van der Waals surface area (Å²) in [7, 11) is 0. The van der Waals surface area contributed by atoms with Crippen molar-refractivity contribution < 1.29 is 0 Å². The Balaban J connectivity index is 2.30. The molecule has 0 atom stereocenters. The fourth-order valence-corrected chi connectivity index (χ4v) is 2.90. The summed E-state index contributed by atoms with van der Waals surface area (Å²) in [6, 6.07) is 8.84. The van der Waals surface area contributed by atoms with E-state index in [9.17, 15) is 0 Å². The maximum absolute atomic E-state index is 3.71. The minimum absolute atomic E-state index is 0.0155. The van der Waals surface area contributed by atoms with Crippen LogP contribution in [0.1, 0.15) is 58.1 Å². The lowest BCUT2D eigenvalue weighted by Gasteiger charge is -2.30. The van der Waals surface area contributed by atoms with Crippen molar-refractivity contribution >= 4 is 5.57 Å².